The van der Waals surface area contributed by atoms with E-state index in [1.165, 1.54) is 6.07 Å². The molecule has 17 heavy (non-hydrogen) atoms. The maximum Gasteiger partial charge on any atom is 0.126 e. The van der Waals surface area contributed by atoms with Crippen LogP contribution in [-0.2, 0) is 11.2 Å². The van der Waals surface area contributed by atoms with Crippen LogP contribution in [0.2, 0.25) is 0 Å². The van der Waals surface area contributed by atoms with E-state index in [0.717, 1.165) is 4.47 Å². The first-order valence-corrected chi connectivity index (χ1v) is 6.39. The molecular formula is C13H18BrFO2. The van der Waals surface area contributed by atoms with Gasteiger partial charge >= 0.3 is 0 Å². The Labute approximate surface area is 110 Å². The fourth-order valence-electron chi connectivity index (χ4n) is 1.91. The number of benzene rings is 1. The van der Waals surface area contributed by atoms with E-state index in [-0.39, 0.29) is 24.3 Å². The summed E-state index contributed by atoms with van der Waals surface area (Å²) in [7, 11) is 1.56. The number of hydrogen-bond donors (Lipinski definition) is 1. The zero-order valence-electron chi connectivity index (χ0n) is 10.3. The van der Waals surface area contributed by atoms with Crippen LogP contribution in [0.25, 0.3) is 0 Å². The Morgan fingerprint density at radius 1 is 1.41 bits per heavy atom. The summed E-state index contributed by atoms with van der Waals surface area (Å²) in [5.74, 6) is -0.115. The van der Waals surface area contributed by atoms with Crippen molar-refractivity contribution in [2.24, 2.45) is 5.92 Å². The van der Waals surface area contributed by atoms with Gasteiger partial charge in [0.2, 0.25) is 0 Å². The first-order chi connectivity index (χ1) is 7.95. The number of methoxy groups -OCH3 is 1. The third-order valence-corrected chi connectivity index (χ3v) is 3.24. The van der Waals surface area contributed by atoms with Crippen LogP contribution in [0.15, 0.2) is 22.7 Å². The van der Waals surface area contributed by atoms with Gasteiger partial charge in [-0.1, -0.05) is 29.8 Å². The predicted octanol–water partition coefficient (Wildman–Crippen LogP) is 3.16. The lowest BCUT2D eigenvalue weighted by atomic mass is 9.96. The molecule has 0 spiro atoms. The molecule has 0 heterocycles. The zero-order chi connectivity index (χ0) is 13.0. The van der Waals surface area contributed by atoms with Gasteiger partial charge in [0, 0.05) is 18.0 Å². The highest BCUT2D eigenvalue weighted by Gasteiger charge is 2.23. The van der Waals surface area contributed by atoms with Crippen LogP contribution in [0.1, 0.15) is 19.4 Å². The first-order valence-electron chi connectivity index (χ1n) is 5.60. The lowest BCUT2D eigenvalue weighted by Crippen LogP contribution is -2.34. The fraction of sp³-hybridized carbons (Fsp3) is 0.538. The van der Waals surface area contributed by atoms with E-state index in [0.29, 0.717) is 5.56 Å². The molecule has 0 radical (unpaired) electrons. The molecule has 1 aromatic rings. The van der Waals surface area contributed by atoms with Crippen LogP contribution in [0.3, 0.4) is 0 Å². The van der Waals surface area contributed by atoms with Gasteiger partial charge in [0.1, 0.15) is 5.82 Å². The third-order valence-electron chi connectivity index (χ3n) is 2.75. The van der Waals surface area contributed by atoms with Gasteiger partial charge in [-0.15, -0.1) is 0 Å². The van der Waals surface area contributed by atoms with E-state index in [9.17, 15) is 9.50 Å². The van der Waals surface area contributed by atoms with Crippen molar-refractivity contribution in [2.75, 3.05) is 7.11 Å². The molecule has 0 bridgehead atoms. The van der Waals surface area contributed by atoms with Gasteiger partial charge in [-0.05, 0) is 29.7 Å². The Kier molecular flexibility index (Phi) is 5.56. The molecule has 1 N–H and O–H groups in total. The number of hydrogen-bond acceptors (Lipinski definition) is 2. The summed E-state index contributed by atoms with van der Waals surface area (Å²) in [5, 5.41) is 10.0. The molecule has 0 saturated heterocycles. The van der Waals surface area contributed by atoms with E-state index in [1.54, 1.807) is 19.2 Å². The average Bonchev–Trinajstić information content (AvgIpc) is 2.24. The Morgan fingerprint density at radius 2 is 2.06 bits per heavy atom. The van der Waals surface area contributed by atoms with E-state index in [1.807, 2.05) is 13.8 Å². The molecule has 2 nitrogen and oxygen atoms in total. The van der Waals surface area contributed by atoms with Gasteiger partial charge in [-0.2, -0.15) is 0 Å². The van der Waals surface area contributed by atoms with Gasteiger partial charge in [0.05, 0.1) is 12.2 Å². The quantitative estimate of drug-likeness (QED) is 0.905. The molecule has 1 rings (SSSR count). The molecule has 2 atom stereocenters. The number of halogens is 2. The highest BCUT2D eigenvalue weighted by molar-refractivity contribution is 9.10. The Morgan fingerprint density at radius 3 is 2.59 bits per heavy atom. The first kappa shape index (κ1) is 14.6. The second-order valence-electron chi connectivity index (χ2n) is 4.45. The normalized spacial score (nSPS) is 15.0. The van der Waals surface area contributed by atoms with Gasteiger partial charge in [-0.25, -0.2) is 4.39 Å². The van der Waals surface area contributed by atoms with Crippen LogP contribution < -0.4 is 0 Å². The lowest BCUT2D eigenvalue weighted by Gasteiger charge is -2.25. The van der Waals surface area contributed by atoms with Gasteiger partial charge in [0.15, 0.2) is 0 Å². The Hall–Kier alpha value is -0.450. The number of rotatable bonds is 5. The predicted molar refractivity (Wildman–Crippen MR) is 69.4 cm³/mol. The molecule has 1 aromatic carbocycles. The molecule has 0 fully saturated rings. The Balaban J connectivity index is 2.79. The highest BCUT2D eigenvalue weighted by Crippen LogP contribution is 2.20. The molecule has 0 saturated carbocycles. The molecule has 2 unspecified atom stereocenters. The molecule has 0 aliphatic rings. The van der Waals surface area contributed by atoms with Crippen molar-refractivity contribution in [1.82, 2.24) is 0 Å². The summed E-state index contributed by atoms with van der Waals surface area (Å²) in [5.41, 5.74) is 0.495. The average molecular weight is 305 g/mol. The summed E-state index contributed by atoms with van der Waals surface area (Å²) >= 11 is 3.29. The summed E-state index contributed by atoms with van der Waals surface area (Å²) in [4.78, 5) is 0. The molecule has 0 aliphatic heterocycles. The van der Waals surface area contributed by atoms with Crippen molar-refractivity contribution in [3.8, 4) is 0 Å². The van der Waals surface area contributed by atoms with Crippen molar-refractivity contribution >= 4 is 15.9 Å². The minimum Gasteiger partial charge on any atom is -0.390 e. The van der Waals surface area contributed by atoms with Crippen molar-refractivity contribution in [3.05, 3.63) is 34.1 Å². The molecular weight excluding hydrogens is 287 g/mol. The molecule has 0 aromatic heterocycles. The zero-order valence-corrected chi connectivity index (χ0v) is 11.9. The minimum absolute atomic E-state index is 0.185. The van der Waals surface area contributed by atoms with Crippen molar-refractivity contribution in [3.63, 3.8) is 0 Å². The van der Waals surface area contributed by atoms with E-state index in [4.69, 9.17) is 4.74 Å². The van der Waals surface area contributed by atoms with E-state index >= 15 is 0 Å². The van der Waals surface area contributed by atoms with Crippen molar-refractivity contribution < 1.29 is 14.2 Å². The van der Waals surface area contributed by atoms with Crippen LogP contribution >= 0.6 is 15.9 Å². The number of aliphatic hydroxyl groups is 1. The second kappa shape index (κ2) is 6.47. The maximum atomic E-state index is 13.5. The van der Waals surface area contributed by atoms with Crippen LogP contribution in [0.5, 0.6) is 0 Å². The topological polar surface area (TPSA) is 29.5 Å². The minimum atomic E-state index is -0.705. The van der Waals surface area contributed by atoms with E-state index in [2.05, 4.69) is 15.9 Å². The van der Waals surface area contributed by atoms with Gasteiger partial charge < -0.3 is 9.84 Å². The molecule has 0 amide bonds. The van der Waals surface area contributed by atoms with Crippen LogP contribution in [-0.4, -0.2) is 24.4 Å². The van der Waals surface area contributed by atoms with Crippen molar-refractivity contribution in [1.29, 1.82) is 0 Å². The number of ether oxygens (including phenoxy) is 1. The van der Waals surface area contributed by atoms with Crippen molar-refractivity contribution in [2.45, 2.75) is 32.5 Å². The highest BCUT2D eigenvalue weighted by atomic mass is 79.9. The van der Waals surface area contributed by atoms with Crippen LogP contribution in [0, 0.1) is 11.7 Å². The third kappa shape index (κ3) is 4.05. The summed E-state index contributed by atoms with van der Waals surface area (Å²) < 4.78 is 19.6. The smallest absolute Gasteiger partial charge is 0.126 e. The van der Waals surface area contributed by atoms with Gasteiger partial charge in [0.25, 0.3) is 0 Å². The summed E-state index contributed by atoms with van der Waals surface area (Å²) in [6.45, 7) is 3.93. The van der Waals surface area contributed by atoms with Gasteiger partial charge in [-0.3, -0.25) is 0 Å². The SMILES string of the molecule is COC(C(C)C)C(O)Cc1cc(Br)ccc1F. The molecule has 96 valence electrons. The Bertz CT molecular complexity index is 368. The standard InChI is InChI=1S/C13H18BrFO2/c1-8(2)13(17-3)12(16)7-9-6-10(14)4-5-11(9)15/h4-6,8,12-13,16H,7H2,1-3H3. The number of aliphatic hydroxyl groups excluding tert-OH is 1. The maximum absolute atomic E-state index is 13.5. The molecule has 0 aliphatic carbocycles. The lowest BCUT2D eigenvalue weighted by molar-refractivity contribution is -0.0370. The monoisotopic (exact) mass is 304 g/mol. The van der Waals surface area contributed by atoms with E-state index < -0.39 is 6.10 Å². The molecule has 4 heteroatoms. The largest absolute Gasteiger partial charge is 0.390 e. The second-order valence-corrected chi connectivity index (χ2v) is 5.37. The summed E-state index contributed by atoms with van der Waals surface area (Å²) in [6, 6.07) is 4.72. The summed E-state index contributed by atoms with van der Waals surface area (Å²) in [6.07, 6.45) is -0.737. The fourth-order valence-corrected chi connectivity index (χ4v) is 2.32. The van der Waals surface area contributed by atoms with Crippen LogP contribution in [0.4, 0.5) is 4.39 Å².